The number of nitrogens with one attached hydrogen (secondary N) is 3. The molecule has 0 aliphatic rings. The van der Waals surface area contributed by atoms with Crippen molar-refractivity contribution in [3.05, 3.63) is 77.1 Å². The number of fused-ring (bicyclic) bond motifs is 1. The highest BCUT2D eigenvalue weighted by molar-refractivity contribution is 6.31. The van der Waals surface area contributed by atoms with E-state index in [9.17, 15) is 0 Å². The molecule has 0 unspecified atom stereocenters. The maximum absolute atomic E-state index is 6.06. The molecule has 0 bridgehead atoms. The van der Waals surface area contributed by atoms with Gasteiger partial charge in [-0.05, 0) is 50.2 Å². The molecule has 0 saturated heterocycles. The van der Waals surface area contributed by atoms with Gasteiger partial charge < -0.3 is 16.0 Å². The molecular formula is C23H23ClN6. The van der Waals surface area contributed by atoms with Crippen LogP contribution in [0, 0.1) is 13.8 Å². The van der Waals surface area contributed by atoms with Crippen LogP contribution in [0.25, 0.3) is 10.9 Å². The van der Waals surface area contributed by atoms with Crippen LogP contribution in [0.5, 0.6) is 0 Å². The van der Waals surface area contributed by atoms with Gasteiger partial charge in [-0.25, -0.2) is 4.98 Å². The van der Waals surface area contributed by atoms with Crippen molar-refractivity contribution in [3.8, 4) is 0 Å². The summed E-state index contributed by atoms with van der Waals surface area (Å²) in [5.41, 5.74) is 5.00. The Hall–Kier alpha value is -3.38. The van der Waals surface area contributed by atoms with E-state index >= 15 is 0 Å². The van der Waals surface area contributed by atoms with E-state index in [0.717, 1.165) is 33.8 Å². The number of hydrogen-bond acceptors (Lipinski definition) is 6. The van der Waals surface area contributed by atoms with Crippen molar-refractivity contribution in [2.45, 2.75) is 13.8 Å². The van der Waals surface area contributed by atoms with E-state index in [-0.39, 0.29) is 0 Å². The van der Waals surface area contributed by atoms with Crippen LogP contribution in [0.15, 0.2) is 60.8 Å². The summed E-state index contributed by atoms with van der Waals surface area (Å²) in [7, 11) is 0. The Labute approximate surface area is 180 Å². The third-order valence-corrected chi connectivity index (χ3v) is 4.84. The number of aromatic nitrogens is 3. The highest BCUT2D eigenvalue weighted by Crippen LogP contribution is 2.24. The van der Waals surface area contributed by atoms with Gasteiger partial charge in [-0.15, -0.1) is 0 Å². The normalized spacial score (nSPS) is 10.8. The summed E-state index contributed by atoms with van der Waals surface area (Å²) in [4.78, 5) is 13.4. The summed E-state index contributed by atoms with van der Waals surface area (Å²) in [5.74, 6) is 1.36. The van der Waals surface area contributed by atoms with Gasteiger partial charge in [0.15, 0.2) is 0 Å². The Bertz CT molecular complexity index is 1160. The highest BCUT2D eigenvalue weighted by Gasteiger charge is 2.05. The molecule has 2 aromatic carbocycles. The molecule has 0 saturated carbocycles. The summed E-state index contributed by atoms with van der Waals surface area (Å²) in [6.07, 6.45) is 1.78. The minimum absolute atomic E-state index is 0.595. The summed E-state index contributed by atoms with van der Waals surface area (Å²) < 4.78 is 0. The second kappa shape index (κ2) is 8.97. The van der Waals surface area contributed by atoms with Gasteiger partial charge in [-0.2, -0.15) is 4.98 Å². The first-order valence-corrected chi connectivity index (χ1v) is 10.2. The zero-order valence-electron chi connectivity index (χ0n) is 16.9. The van der Waals surface area contributed by atoms with Gasteiger partial charge in [0, 0.05) is 52.8 Å². The van der Waals surface area contributed by atoms with E-state index in [4.69, 9.17) is 11.6 Å². The maximum Gasteiger partial charge on any atom is 0.224 e. The summed E-state index contributed by atoms with van der Waals surface area (Å²) >= 11 is 6.06. The van der Waals surface area contributed by atoms with Gasteiger partial charge in [-0.3, -0.25) is 4.98 Å². The molecule has 0 aliphatic carbocycles. The molecule has 4 rings (SSSR count). The van der Waals surface area contributed by atoms with E-state index in [2.05, 4.69) is 50.0 Å². The predicted octanol–water partition coefficient (Wildman–Crippen LogP) is 5.56. The molecule has 0 fully saturated rings. The third-order valence-electron chi connectivity index (χ3n) is 4.61. The van der Waals surface area contributed by atoms with Crippen molar-refractivity contribution in [2.75, 3.05) is 29.0 Å². The van der Waals surface area contributed by atoms with Crippen LogP contribution in [0.1, 0.15) is 11.3 Å². The summed E-state index contributed by atoms with van der Waals surface area (Å²) in [6, 6.07) is 17.8. The van der Waals surface area contributed by atoms with Gasteiger partial charge in [0.1, 0.15) is 5.82 Å². The van der Waals surface area contributed by atoms with Gasteiger partial charge >= 0.3 is 0 Å². The van der Waals surface area contributed by atoms with E-state index in [1.165, 1.54) is 5.56 Å². The molecule has 0 amide bonds. The van der Waals surface area contributed by atoms with Crippen molar-refractivity contribution in [2.24, 2.45) is 0 Å². The van der Waals surface area contributed by atoms with E-state index in [0.29, 0.717) is 24.1 Å². The molecule has 4 aromatic rings. The molecule has 0 spiro atoms. The number of pyridine rings is 1. The Morgan fingerprint density at radius 1 is 0.867 bits per heavy atom. The number of nitrogens with zero attached hydrogens (tertiary/aromatic N) is 3. The second-order valence-electron chi connectivity index (χ2n) is 7.08. The fraction of sp³-hybridized carbons (Fsp3) is 0.174. The lowest BCUT2D eigenvalue weighted by atomic mass is 10.2. The SMILES string of the molecule is Cc1ccc(Nc2cc(C)nc(NCCNc3ccnc4cc(Cl)ccc34)n2)cc1. The molecule has 7 heteroatoms. The lowest BCUT2D eigenvalue weighted by Gasteiger charge is -2.12. The number of benzene rings is 2. The molecule has 0 radical (unpaired) electrons. The van der Waals surface area contributed by atoms with Gasteiger partial charge in [0.05, 0.1) is 5.52 Å². The van der Waals surface area contributed by atoms with Gasteiger partial charge in [0.2, 0.25) is 5.95 Å². The van der Waals surface area contributed by atoms with Gasteiger partial charge in [-0.1, -0.05) is 29.3 Å². The van der Waals surface area contributed by atoms with Crippen molar-refractivity contribution in [3.63, 3.8) is 0 Å². The maximum atomic E-state index is 6.06. The van der Waals surface area contributed by atoms with Crippen LogP contribution in [-0.4, -0.2) is 28.0 Å². The molecular weight excluding hydrogens is 396 g/mol. The van der Waals surface area contributed by atoms with Crippen LogP contribution in [-0.2, 0) is 0 Å². The predicted molar refractivity (Wildman–Crippen MR) is 125 cm³/mol. The topological polar surface area (TPSA) is 74.8 Å². The van der Waals surface area contributed by atoms with E-state index in [1.54, 1.807) is 6.20 Å². The minimum Gasteiger partial charge on any atom is -0.383 e. The highest BCUT2D eigenvalue weighted by atomic mass is 35.5. The average molecular weight is 419 g/mol. The van der Waals surface area contributed by atoms with Crippen molar-refractivity contribution in [1.82, 2.24) is 15.0 Å². The molecule has 152 valence electrons. The Balaban J connectivity index is 1.37. The minimum atomic E-state index is 0.595. The Morgan fingerprint density at radius 3 is 2.50 bits per heavy atom. The molecule has 3 N–H and O–H groups in total. The van der Waals surface area contributed by atoms with Crippen LogP contribution in [0.4, 0.5) is 23.1 Å². The lowest BCUT2D eigenvalue weighted by Crippen LogP contribution is -2.16. The largest absolute Gasteiger partial charge is 0.383 e. The van der Waals surface area contributed by atoms with Crippen LogP contribution >= 0.6 is 11.6 Å². The molecule has 0 aliphatic heterocycles. The first kappa shape index (κ1) is 19.9. The molecule has 30 heavy (non-hydrogen) atoms. The zero-order chi connectivity index (χ0) is 20.9. The van der Waals surface area contributed by atoms with Crippen molar-refractivity contribution in [1.29, 1.82) is 0 Å². The zero-order valence-corrected chi connectivity index (χ0v) is 17.7. The fourth-order valence-corrected chi connectivity index (χ4v) is 3.31. The van der Waals surface area contributed by atoms with Crippen molar-refractivity contribution < 1.29 is 0 Å². The number of hydrogen-bond donors (Lipinski definition) is 3. The van der Waals surface area contributed by atoms with Crippen LogP contribution < -0.4 is 16.0 Å². The Morgan fingerprint density at radius 2 is 1.67 bits per heavy atom. The molecule has 2 aromatic heterocycles. The summed E-state index contributed by atoms with van der Waals surface area (Å²) in [6.45, 7) is 5.41. The third kappa shape index (κ3) is 4.96. The molecule has 2 heterocycles. The number of anilines is 4. The summed E-state index contributed by atoms with van der Waals surface area (Å²) in [5, 5.41) is 11.8. The molecule has 0 atom stereocenters. The first-order chi connectivity index (χ1) is 14.6. The van der Waals surface area contributed by atoms with Crippen LogP contribution in [0.3, 0.4) is 0 Å². The monoisotopic (exact) mass is 418 g/mol. The number of aryl methyl sites for hydroxylation is 2. The van der Waals surface area contributed by atoms with Crippen molar-refractivity contribution >= 4 is 45.6 Å². The van der Waals surface area contributed by atoms with Crippen LogP contribution in [0.2, 0.25) is 5.02 Å². The smallest absolute Gasteiger partial charge is 0.224 e. The first-order valence-electron chi connectivity index (χ1n) is 9.78. The number of halogens is 1. The van der Waals surface area contributed by atoms with E-state index < -0.39 is 0 Å². The Kier molecular flexibility index (Phi) is 5.95. The quantitative estimate of drug-likeness (QED) is 0.341. The lowest BCUT2D eigenvalue weighted by molar-refractivity contribution is 1.01. The number of rotatable bonds is 7. The standard InChI is InChI=1S/C23H23ClN6/c1-15-3-6-18(7-4-15)29-22-13-16(2)28-23(30-22)27-12-11-26-20-9-10-25-21-14-17(24)5-8-19(20)21/h3-10,13-14H,11-12H2,1-2H3,(H,25,26)(H2,27,28,29,30). The average Bonchev–Trinajstić information content (AvgIpc) is 2.72. The fourth-order valence-electron chi connectivity index (χ4n) is 3.14. The van der Waals surface area contributed by atoms with E-state index in [1.807, 2.05) is 49.4 Å². The molecule has 6 nitrogen and oxygen atoms in total. The second-order valence-corrected chi connectivity index (χ2v) is 7.52. The van der Waals surface area contributed by atoms with Gasteiger partial charge in [0.25, 0.3) is 0 Å².